The van der Waals surface area contributed by atoms with E-state index >= 15 is 0 Å². The summed E-state index contributed by atoms with van der Waals surface area (Å²) in [4.78, 5) is 12.3. The van der Waals surface area contributed by atoms with E-state index in [1.54, 1.807) is 0 Å². The molecule has 2 nitrogen and oxygen atoms in total. The zero-order valence-electron chi connectivity index (χ0n) is 11.1. The molecule has 2 atom stereocenters. The van der Waals surface area contributed by atoms with E-state index in [0.717, 1.165) is 22.8 Å². The maximum Gasteiger partial charge on any atom is 0.251 e. The fraction of sp³-hybridized carbons (Fsp3) is 0.533. The van der Waals surface area contributed by atoms with Crippen molar-refractivity contribution in [2.24, 2.45) is 5.92 Å². The Hall–Kier alpha value is -0.290. The molecule has 4 heteroatoms. The molecule has 0 bridgehead atoms. The zero-order valence-corrected chi connectivity index (χ0v) is 14.0. The van der Waals surface area contributed by atoms with E-state index in [-0.39, 0.29) is 11.4 Å². The molecule has 2 unspecified atom stereocenters. The van der Waals surface area contributed by atoms with Crippen LogP contribution in [0.25, 0.3) is 0 Å². The normalized spacial score (nSPS) is 27.0. The van der Waals surface area contributed by atoms with Gasteiger partial charge in [0.2, 0.25) is 0 Å². The van der Waals surface area contributed by atoms with E-state index in [0.29, 0.717) is 17.4 Å². The molecule has 0 aromatic heterocycles. The topological polar surface area (TPSA) is 29.1 Å². The Morgan fingerprint density at radius 3 is 2.74 bits per heavy atom. The first-order valence-electron chi connectivity index (χ1n) is 6.69. The van der Waals surface area contributed by atoms with Gasteiger partial charge in [-0.3, -0.25) is 4.79 Å². The molecule has 0 saturated heterocycles. The van der Waals surface area contributed by atoms with Gasteiger partial charge in [-0.1, -0.05) is 19.8 Å². The summed E-state index contributed by atoms with van der Waals surface area (Å²) in [7, 11) is 0. The van der Waals surface area contributed by atoms with Gasteiger partial charge in [-0.15, -0.1) is 11.6 Å². The lowest BCUT2D eigenvalue weighted by molar-refractivity contribution is 0.0867. The number of hydrogen-bond donors (Lipinski definition) is 1. The maximum absolute atomic E-state index is 12.3. The molecule has 1 aromatic rings. The van der Waals surface area contributed by atoms with E-state index in [4.69, 9.17) is 11.6 Å². The highest BCUT2D eigenvalue weighted by atomic mass is 127. The van der Waals surface area contributed by atoms with E-state index in [1.807, 2.05) is 24.3 Å². The van der Waals surface area contributed by atoms with Crippen LogP contribution in [0.15, 0.2) is 24.3 Å². The summed E-state index contributed by atoms with van der Waals surface area (Å²) in [5.41, 5.74) is 0.488. The molecule has 19 heavy (non-hydrogen) atoms. The number of rotatable bonds is 3. The fourth-order valence-corrected chi connectivity index (χ4v) is 3.51. The molecule has 1 fully saturated rings. The molecular weight excluding hydrogens is 373 g/mol. The van der Waals surface area contributed by atoms with Crippen molar-refractivity contribution >= 4 is 40.1 Å². The predicted octanol–water partition coefficient (Wildman–Crippen LogP) is 4.21. The number of carbonyl (C=O) groups is 1. The molecule has 1 aliphatic carbocycles. The molecule has 1 saturated carbocycles. The van der Waals surface area contributed by atoms with Crippen LogP contribution in [0.1, 0.15) is 43.0 Å². The Labute approximate surface area is 133 Å². The number of amides is 1. The van der Waals surface area contributed by atoms with Crippen LogP contribution in [0.5, 0.6) is 0 Å². The number of hydrogen-bond acceptors (Lipinski definition) is 1. The van der Waals surface area contributed by atoms with E-state index < -0.39 is 0 Å². The summed E-state index contributed by atoms with van der Waals surface area (Å²) >= 11 is 8.38. The molecule has 2 rings (SSSR count). The van der Waals surface area contributed by atoms with Crippen LogP contribution >= 0.6 is 34.2 Å². The Balaban J connectivity index is 2.09. The average molecular weight is 392 g/mol. The molecule has 1 aromatic carbocycles. The lowest BCUT2D eigenvalue weighted by atomic mass is 9.77. The maximum atomic E-state index is 12.3. The third-order valence-electron chi connectivity index (χ3n) is 3.83. The van der Waals surface area contributed by atoms with Gasteiger partial charge in [-0.25, -0.2) is 0 Å². The van der Waals surface area contributed by atoms with Gasteiger partial charge < -0.3 is 5.32 Å². The van der Waals surface area contributed by atoms with Crippen LogP contribution < -0.4 is 5.32 Å². The molecule has 0 heterocycles. The lowest BCUT2D eigenvalue weighted by Crippen LogP contribution is -2.52. The first kappa shape index (κ1) is 15.1. The van der Waals surface area contributed by atoms with Crippen molar-refractivity contribution in [2.75, 3.05) is 5.88 Å². The summed E-state index contributed by atoms with van der Waals surface area (Å²) < 4.78 is 1.13. The average Bonchev–Trinajstić information content (AvgIpc) is 2.39. The van der Waals surface area contributed by atoms with Crippen LogP contribution in [-0.2, 0) is 0 Å². The Bertz CT molecular complexity index is 448. The lowest BCUT2D eigenvalue weighted by Gasteiger charge is -2.39. The van der Waals surface area contributed by atoms with Gasteiger partial charge in [0, 0.05) is 15.0 Å². The molecule has 0 spiro atoms. The van der Waals surface area contributed by atoms with Gasteiger partial charge in [0.1, 0.15) is 0 Å². The number of halogens is 2. The van der Waals surface area contributed by atoms with Crippen molar-refractivity contribution in [3.05, 3.63) is 33.4 Å². The van der Waals surface area contributed by atoms with Crippen molar-refractivity contribution in [3.63, 3.8) is 0 Å². The van der Waals surface area contributed by atoms with E-state index in [9.17, 15) is 4.79 Å². The smallest absolute Gasteiger partial charge is 0.251 e. The van der Waals surface area contributed by atoms with Gasteiger partial charge >= 0.3 is 0 Å². The van der Waals surface area contributed by atoms with Crippen molar-refractivity contribution in [3.8, 4) is 0 Å². The Morgan fingerprint density at radius 2 is 2.16 bits per heavy atom. The molecule has 1 amide bonds. The van der Waals surface area contributed by atoms with Crippen molar-refractivity contribution in [1.29, 1.82) is 0 Å². The van der Waals surface area contributed by atoms with Gasteiger partial charge in [-0.2, -0.15) is 0 Å². The molecule has 0 radical (unpaired) electrons. The number of carbonyl (C=O) groups excluding carboxylic acids is 1. The monoisotopic (exact) mass is 391 g/mol. The second-order valence-corrected chi connectivity index (χ2v) is 7.09. The van der Waals surface area contributed by atoms with Crippen molar-refractivity contribution in [2.45, 2.75) is 38.1 Å². The SMILES string of the molecule is CC1CCCC(CCl)(NC(=O)c2ccc(I)cc2)C1. The summed E-state index contributed by atoms with van der Waals surface area (Å²) in [5.74, 6) is 1.11. The third-order valence-corrected chi connectivity index (χ3v) is 5.06. The van der Waals surface area contributed by atoms with Gasteiger partial charge in [0.25, 0.3) is 5.91 Å². The highest BCUT2D eigenvalue weighted by Gasteiger charge is 2.35. The third kappa shape index (κ3) is 3.85. The van der Waals surface area contributed by atoms with Gasteiger partial charge in [0.05, 0.1) is 5.54 Å². The van der Waals surface area contributed by atoms with Crippen molar-refractivity contribution < 1.29 is 4.79 Å². The van der Waals surface area contributed by atoms with Crippen LogP contribution in [0, 0.1) is 9.49 Å². The number of alkyl halides is 1. The summed E-state index contributed by atoms with van der Waals surface area (Å²) in [6.07, 6.45) is 4.34. The Morgan fingerprint density at radius 1 is 1.47 bits per heavy atom. The zero-order chi connectivity index (χ0) is 13.9. The Kier molecular flexibility index (Phi) is 5.12. The van der Waals surface area contributed by atoms with Crippen LogP contribution in [0.3, 0.4) is 0 Å². The quantitative estimate of drug-likeness (QED) is 0.607. The summed E-state index contributed by atoms with van der Waals surface area (Å²) in [5, 5.41) is 3.17. The predicted molar refractivity (Wildman–Crippen MR) is 87.7 cm³/mol. The minimum atomic E-state index is -0.223. The first-order valence-corrected chi connectivity index (χ1v) is 8.30. The van der Waals surface area contributed by atoms with Crippen LogP contribution in [-0.4, -0.2) is 17.3 Å². The number of nitrogens with one attached hydrogen (secondary N) is 1. The molecule has 1 aliphatic rings. The first-order chi connectivity index (χ1) is 9.04. The van der Waals surface area contributed by atoms with Crippen molar-refractivity contribution in [1.82, 2.24) is 5.32 Å². The second-order valence-electron chi connectivity index (χ2n) is 5.58. The van der Waals surface area contributed by atoms with E-state index in [1.165, 1.54) is 6.42 Å². The molecule has 1 N–H and O–H groups in total. The van der Waals surface area contributed by atoms with E-state index in [2.05, 4.69) is 34.8 Å². The second kappa shape index (κ2) is 6.44. The minimum absolute atomic E-state index is 0.00819. The summed E-state index contributed by atoms with van der Waals surface area (Å²) in [6, 6.07) is 7.63. The number of benzene rings is 1. The van der Waals surface area contributed by atoms with Crippen LogP contribution in [0.4, 0.5) is 0 Å². The van der Waals surface area contributed by atoms with Crippen LogP contribution in [0.2, 0.25) is 0 Å². The fourth-order valence-electron chi connectivity index (χ4n) is 2.84. The molecule has 104 valence electrons. The highest BCUT2D eigenvalue weighted by Crippen LogP contribution is 2.33. The molecular formula is C15H19ClINO. The largest absolute Gasteiger partial charge is 0.345 e. The summed E-state index contributed by atoms with van der Waals surface area (Å²) in [6.45, 7) is 2.23. The standard InChI is InChI=1S/C15H19ClINO/c1-11-3-2-8-15(9-11,10-16)18-14(19)12-4-6-13(17)7-5-12/h4-7,11H,2-3,8-10H2,1H3,(H,18,19). The highest BCUT2D eigenvalue weighted by molar-refractivity contribution is 14.1. The molecule has 0 aliphatic heterocycles. The van der Waals surface area contributed by atoms with Gasteiger partial charge in [-0.05, 0) is 65.6 Å². The van der Waals surface area contributed by atoms with Gasteiger partial charge in [0.15, 0.2) is 0 Å². The minimum Gasteiger partial charge on any atom is -0.345 e.